The zero-order valence-electron chi connectivity index (χ0n) is 19.9. The highest BCUT2D eigenvalue weighted by Crippen LogP contribution is 2.36. The number of aromatic nitrogens is 8. The van der Waals surface area contributed by atoms with Gasteiger partial charge in [-0.05, 0) is 24.3 Å². The van der Waals surface area contributed by atoms with E-state index in [-0.39, 0.29) is 45.3 Å². The summed E-state index contributed by atoms with van der Waals surface area (Å²) in [6.45, 7) is 0. The molecule has 2 atom stereocenters. The van der Waals surface area contributed by atoms with Crippen molar-refractivity contribution >= 4 is 0 Å². The number of rotatable bonds is 7. The highest BCUT2D eigenvalue weighted by molar-refractivity contribution is 5.68. The third-order valence-corrected chi connectivity index (χ3v) is 6.22. The fraction of sp³-hybridized carbons (Fsp3) is 0.0769. The lowest BCUT2D eigenvalue weighted by atomic mass is 9.98. The minimum absolute atomic E-state index is 0.00464. The van der Waals surface area contributed by atoms with Gasteiger partial charge in [-0.3, -0.25) is 0 Å². The van der Waals surface area contributed by atoms with Crippen LogP contribution in [0, 0.1) is 17.5 Å². The summed E-state index contributed by atoms with van der Waals surface area (Å²) >= 11 is 0. The summed E-state index contributed by atoms with van der Waals surface area (Å²) in [6, 6.07) is 6.54. The number of aromatic amines is 2. The number of H-pyrrole nitrogens is 2. The van der Waals surface area contributed by atoms with Gasteiger partial charge in [-0.15, -0.1) is 0 Å². The number of hydrogen-bond donors (Lipinski definition) is 4. The SMILES string of the molecule is OC(c1ncc[nH]1)c1ccc(F)cc1-n1cc(-c2cc(C(O)c3ncc[nH]3)c(-n3cccn3)c(F)c2F)cn1. The van der Waals surface area contributed by atoms with Crippen LogP contribution in [-0.4, -0.2) is 49.7 Å². The van der Waals surface area contributed by atoms with E-state index >= 15 is 8.78 Å². The average molecular weight is 532 g/mol. The van der Waals surface area contributed by atoms with E-state index in [1.807, 2.05) is 0 Å². The van der Waals surface area contributed by atoms with E-state index in [2.05, 4.69) is 30.1 Å². The lowest BCUT2D eigenvalue weighted by Gasteiger charge is -2.17. The van der Waals surface area contributed by atoms with Gasteiger partial charge in [0, 0.05) is 65.6 Å². The Morgan fingerprint density at radius 1 is 0.795 bits per heavy atom. The molecule has 4 aromatic heterocycles. The number of aliphatic hydroxyl groups excluding tert-OH is 2. The lowest BCUT2D eigenvalue weighted by Crippen LogP contribution is -2.12. The van der Waals surface area contributed by atoms with E-state index in [4.69, 9.17) is 0 Å². The summed E-state index contributed by atoms with van der Waals surface area (Å²) < 4.78 is 47.7. The van der Waals surface area contributed by atoms with E-state index in [1.165, 1.54) is 78.5 Å². The third kappa shape index (κ3) is 4.28. The zero-order chi connectivity index (χ0) is 27.1. The van der Waals surface area contributed by atoms with Gasteiger partial charge >= 0.3 is 0 Å². The molecule has 196 valence electrons. The number of imidazole rings is 2. The quantitative estimate of drug-likeness (QED) is 0.248. The molecule has 13 heteroatoms. The molecule has 0 aliphatic carbocycles. The molecule has 0 aliphatic rings. The topological polar surface area (TPSA) is 133 Å². The van der Waals surface area contributed by atoms with Gasteiger partial charge in [0.15, 0.2) is 11.6 Å². The summed E-state index contributed by atoms with van der Waals surface area (Å²) in [5.41, 5.74) is 0.0703. The second-order valence-electron chi connectivity index (χ2n) is 8.57. The minimum atomic E-state index is -1.44. The Balaban J connectivity index is 1.48. The monoisotopic (exact) mass is 532 g/mol. The molecular weight excluding hydrogens is 513 g/mol. The van der Waals surface area contributed by atoms with Crippen molar-refractivity contribution < 1.29 is 23.4 Å². The molecule has 39 heavy (non-hydrogen) atoms. The Morgan fingerprint density at radius 3 is 2.15 bits per heavy atom. The summed E-state index contributed by atoms with van der Waals surface area (Å²) in [4.78, 5) is 13.7. The van der Waals surface area contributed by atoms with Crippen molar-refractivity contribution in [2.45, 2.75) is 12.2 Å². The molecule has 4 N–H and O–H groups in total. The van der Waals surface area contributed by atoms with Crippen LogP contribution in [0.25, 0.3) is 22.5 Å². The van der Waals surface area contributed by atoms with Crippen molar-refractivity contribution in [3.8, 4) is 22.5 Å². The molecule has 0 fully saturated rings. The van der Waals surface area contributed by atoms with Crippen LogP contribution in [0.1, 0.15) is 35.0 Å². The van der Waals surface area contributed by atoms with Gasteiger partial charge in [-0.25, -0.2) is 32.5 Å². The predicted molar refractivity (Wildman–Crippen MR) is 131 cm³/mol. The van der Waals surface area contributed by atoms with Crippen LogP contribution in [0.15, 0.2) is 79.9 Å². The first-order valence-corrected chi connectivity index (χ1v) is 11.6. The van der Waals surface area contributed by atoms with Gasteiger partial charge in [0.25, 0.3) is 0 Å². The Labute approximate surface area is 218 Å². The highest BCUT2D eigenvalue weighted by Gasteiger charge is 2.28. The number of benzene rings is 2. The largest absolute Gasteiger partial charge is 0.380 e. The molecule has 4 heterocycles. The maximum atomic E-state index is 15.6. The molecule has 2 unspecified atom stereocenters. The van der Waals surface area contributed by atoms with Crippen LogP contribution in [0.5, 0.6) is 0 Å². The molecular formula is C26H19F3N8O2. The maximum Gasteiger partial charge on any atom is 0.185 e. The van der Waals surface area contributed by atoms with E-state index in [0.717, 1.165) is 10.7 Å². The van der Waals surface area contributed by atoms with Crippen LogP contribution in [0.2, 0.25) is 0 Å². The molecule has 6 aromatic rings. The van der Waals surface area contributed by atoms with Crippen LogP contribution in [0.4, 0.5) is 13.2 Å². The van der Waals surface area contributed by atoms with Crippen molar-refractivity contribution in [2.24, 2.45) is 0 Å². The number of halogens is 3. The molecule has 0 radical (unpaired) electrons. The smallest absolute Gasteiger partial charge is 0.185 e. The molecule has 2 aromatic carbocycles. The number of aliphatic hydroxyl groups is 2. The Morgan fingerprint density at radius 2 is 1.51 bits per heavy atom. The lowest BCUT2D eigenvalue weighted by molar-refractivity contribution is 0.209. The minimum Gasteiger partial charge on any atom is -0.380 e. The second-order valence-corrected chi connectivity index (χ2v) is 8.57. The second kappa shape index (κ2) is 9.70. The van der Waals surface area contributed by atoms with Gasteiger partial charge in [0.1, 0.15) is 35.4 Å². The predicted octanol–water partition coefficient (Wildman–Crippen LogP) is 3.75. The maximum absolute atomic E-state index is 15.6. The van der Waals surface area contributed by atoms with Crippen molar-refractivity contribution in [1.82, 2.24) is 39.5 Å². The third-order valence-electron chi connectivity index (χ3n) is 6.22. The van der Waals surface area contributed by atoms with Crippen LogP contribution in [0.3, 0.4) is 0 Å². The van der Waals surface area contributed by atoms with Gasteiger partial charge in [-0.1, -0.05) is 6.07 Å². The van der Waals surface area contributed by atoms with Gasteiger partial charge < -0.3 is 20.2 Å². The van der Waals surface area contributed by atoms with Gasteiger partial charge in [-0.2, -0.15) is 10.2 Å². The first-order valence-electron chi connectivity index (χ1n) is 11.6. The fourth-order valence-corrected chi connectivity index (χ4v) is 4.38. The number of nitrogens with one attached hydrogen (secondary N) is 2. The molecule has 0 aliphatic heterocycles. The van der Waals surface area contributed by atoms with Gasteiger partial charge in [0.2, 0.25) is 0 Å². The Hall–Kier alpha value is -5.01. The van der Waals surface area contributed by atoms with Crippen molar-refractivity contribution in [2.75, 3.05) is 0 Å². The first-order chi connectivity index (χ1) is 18.9. The summed E-state index contributed by atoms with van der Waals surface area (Å²) in [5.74, 6) is -2.70. The van der Waals surface area contributed by atoms with E-state index in [9.17, 15) is 14.6 Å². The molecule has 0 bridgehead atoms. The first kappa shape index (κ1) is 24.3. The molecule has 10 nitrogen and oxygen atoms in total. The summed E-state index contributed by atoms with van der Waals surface area (Å²) in [6.07, 6.45) is 8.68. The van der Waals surface area contributed by atoms with E-state index < -0.39 is 29.7 Å². The average Bonchev–Trinajstić information content (AvgIpc) is 3.77. The molecule has 6 rings (SSSR count). The van der Waals surface area contributed by atoms with Gasteiger partial charge in [0.05, 0.1) is 11.9 Å². The summed E-state index contributed by atoms with van der Waals surface area (Å²) in [5, 5.41) is 30.1. The van der Waals surface area contributed by atoms with Crippen LogP contribution >= 0.6 is 0 Å². The number of hydrogen-bond acceptors (Lipinski definition) is 6. The molecule has 0 amide bonds. The standard InChI is InChI=1S/C26H19F3N8O2/c27-15-2-3-16(23(38)25-30-5-6-31-25)19(10-15)37-13-14(12-35-37)17-11-18(24(39)26-32-7-8-33-26)22(21(29)20(17)28)36-9-1-4-34-36/h1-13,23-24,38-39H,(H,30,31)(H,32,33). The van der Waals surface area contributed by atoms with Crippen LogP contribution < -0.4 is 0 Å². The fourth-order valence-electron chi connectivity index (χ4n) is 4.38. The van der Waals surface area contributed by atoms with E-state index in [1.54, 1.807) is 0 Å². The van der Waals surface area contributed by atoms with E-state index in [0.29, 0.717) is 0 Å². The van der Waals surface area contributed by atoms with Crippen molar-refractivity contribution in [3.63, 3.8) is 0 Å². The van der Waals surface area contributed by atoms with Crippen molar-refractivity contribution in [1.29, 1.82) is 0 Å². The highest BCUT2D eigenvalue weighted by atomic mass is 19.2. The Kier molecular flexibility index (Phi) is 6.05. The molecule has 0 saturated carbocycles. The zero-order valence-corrected chi connectivity index (χ0v) is 19.9. The molecule has 0 saturated heterocycles. The molecule has 0 spiro atoms. The number of nitrogens with zero attached hydrogens (tertiary/aromatic N) is 6. The van der Waals surface area contributed by atoms with Crippen molar-refractivity contribution in [3.05, 3.63) is 120 Å². The van der Waals surface area contributed by atoms with Crippen LogP contribution in [-0.2, 0) is 0 Å². The summed E-state index contributed by atoms with van der Waals surface area (Å²) in [7, 11) is 0. The normalized spacial score (nSPS) is 13.1. The Bertz CT molecular complexity index is 1730.